The molecule has 0 saturated carbocycles. The van der Waals surface area contributed by atoms with E-state index in [2.05, 4.69) is 42.0 Å². The highest BCUT2D eigenvalue weighted by Gasteiger charge is 2.23. The quantitative estimate of drug-likeness (QED) is 0.757. The Kier molecular flexibility index (Phi) is 7.13. The van der Waals surface area contributed by atoms with E-state index < -0.39 is 0 Å². The Hall–Kier alpha value is -0.450. The van der Waals surface area contributed by atoms with Gasteiger partial charge in [-0.15, -0.1) is 0 Å². The van der Waals surface area contributed by atoms with Crippen molar-refractivity contribution in [2.45, 2.75) is 51.7 Å². The molecule has 1 aromatic carbocycles. The Balaban J connectivity index is 2.77. The SMILES string of the molecule is CCCNC(Cc1ccc(F)cc1Br)CC(C)(C)OC. The van der Waals surface area contributed by atoms with Crippen LogP contribution in [0.2, 0.25) is 0 Å². The first-order valence-electron chi connectivity index (χ1n) is 7.10. The van der Waals surface area contributed by atoms with Crippen molar-refractivity contribution in [3.05, 3.63) is 34.1 Å². The second kappa shape index (κ2) is 8.11. The van der Waals surface area contributed by atoms with Crippen molar-refractivity contribution < 1.29 is 9.13 Å². The molecule has 1 unspecified atom stereocenters. The smallest absolute Gasteiger partial charge is 0.124 e. The Bertz CT molecular complexity index is 423. The van der Waals surface area contributed by atoms with Crippen LogP contribution in [0.5, 0.6) is 0 Å². The number of benzene rings is 1. The number of hydrogen-bond donors (Lipinski definition) is 1. The van der Waals surface area contributed by atoms with Gasteiger partial charge in [0.25, 0.3) is 0 Å². The van der Waals surface area contributed by atoms with Gasteiger partial charge >= 0.3 is 0 Å². The molecule has 0 amide bonds. The van der Waals surface area contributed by atoms with Gasteiger partial charge < -0.3 is 10.1 Å². The summed E-state index contributed by atoms with van der Waals surface area (Å²) in [5.41, 5.74) is 0.949. The largest absolute Gasteiger partial charge is 0.379 e. The molecule has 0 aliphatic carbocycles. The van der Waals surface area contributed by atoms with Crippen LogP contribution in [0.25, 0.3) is 0 Å². The zero-order chi connectivity index (χ0) is 15.2. The van der Waals surface area contributed by atoms with Gasteiger partial charge in [0.05, 0.1) is 5.60 Å². The summed E-state index contributed by atoms with van der Waals surface area (Å²) in [5, 5.41) is 3.56. The average molecular weight is 346 g/mol. The average Bonchev–Trinajstić information content (AvgIpc) is 2.39. The van der Waals surface area contributed by atoms with E-state index in [0.717, 1.165) is 35.8 Å². The second-order valence-corrected chi connectivity index (χ2v) is 6.61. The molecule has 0 radical (unpaired) electrons. The van der Waals surface area contributed by atoms with Gasteiger partial charge in [-0.1, -0.05) is 28.9 Å². The zero-order valence-corrected chi connectivity index (χ0v) is 14.4. The molecule has 0 fully saturated rings. The summed E-state index contributed by atoms with van der Waals surface area (Å²) in [5.74, 6) is -0.212. The number of rotatable bonds is 8. The van der Waals surface area contributed by atoms with Gasteiger partial charge in [0.15, 0.2) is 0 Å². The van der Waals surface area contributed by atoms with Crippen LogP contribution in [-0.4, -0.2) is 25.3 Å². The number of methoxy groups -OCH3 is 1. The molecule has 0 heterocycles. The summed E-state index contributed by atoms with van der Waals surface area (Å²) in [6, 6.07) is 5.19. The molecule has 1 rings (SSSR count). The first-order chi connectivity index (χ1) is 9.38. The lowest BCUT2D eigenvalue weighted by Crippen LogP contribution is -2.39. The summed E-state index contributed by atoms with van der Waals surface area (Å²) in [7, 11) is 1.74. The van der Waals surface area contributed by atoms with E-state index in [1.165, 1.54) is 12.1 Å². The van der Waals surface area contributed by atoms with Crippen LogP contribution in [0.4, 0.5) is 4.39 Å². The summed E-state index contributed by atoms with van der Waals surface area (Å²) >= 11 is 3.44. The first-order valence-corrected chi connectivity index (χ1v) is 7.89. The van der Waals surface area contributed by atoms with Crippen molar-refractivity contribution >= 4 is 15.9 Å². The van der Waals surface area contributed by atoms with E-state index in [1.54, 1.807) is 7.11 Å². The van der Waals surface area contributed by atoms with Crippen molar-refractivity contribution in [3.63, 3.8) is 0 Å². The van der Waals surface area contributed by atoms with Crippen molar-refractivity contribution in [1.29, 1.82) is 0 Å². The fourth-order valence-corrected chi connectivity index (χ4v) is 2.71. The number of ether oxygens (including phenoxy) is 1. The molecule has 0 spiro atoms. The van der Waals surface area contributed by atoms with Crippen molar-refractivity contribution in [2.75, 3.05) is 13.7 Å². The van der Waals surface area contributed by atoms with Crippen LogP contribution in [-0.2, 0) is 11.2 Å². The van der Waals surface area contributed by atoms with Gasteiger partial charge in [-0.05, 0) is 57.4 Å². The molecule has 1 atom stereocenters. The molecule has 0 bridgehead atoms. The molecular formula is C16H25BrFNO. The van der Waals surface area contributed by atoms with Crippen LogP contribution in [0.15, 0.2) is 22.7 Å². The molecule has 0 aliphatic heterocycles. The zero-order valence-electron chi connectivity index (χ0n) is 12.8. The van der Waals surface area contributed by atoms with E-state index in [0.29, 0.717) is 6.04 Å². The summed E-state index contributed by atoms with van der Waals surface area (Å²) in [6.07, 6.45) is 2.86. The van der Waals surface area contributed by atoms with Crippen LogP contribution in [0, 0.1) is 5.82 Å². The fraction of sp³-hybridized carbons (Fsp3) is 0.625. The monoisotopic (exact) mass is 345 g/mol. The van der Waals surface area contributed by atoms with E-state index >= 15 is 0 Å². The first kappa shape index (κ1) is 17.6. The third-order valence-electron chi connectivity index (χ3n) is 3.46. The third kappa shape index (κ3) is 5.90. The molecule has 2 nitrogen and oxygen atoms in total. The van der Waals surface area contributed by atoms with E-state index in [-0.39, 0.29) is 11.4 Å². The molecular weight excluding hydrogens is 321 g/mol. The van der Waals surface area contributed by atoms with Gasteiger partial charge in [0.2, 0.25) is 0 Å². The molecule has 4 heteroatoms. The number of nitrogens with one attached hydrogen (secondary N) is 1. The van der Waals surface area contributed by atoms with E-state index in [4.69, 9.17) is 4.74 Å². The topological polar surface area (TPSA) is 21.3 Å². The van der Waals surface area contributed by atoms with Crippen LogP contribution in [0.1, 0.15) is 39.2 Å². The van der Waals surface area contributed by atoms with Crippen molar-refractivity contribution in [3.8, 4) is 0 Å². The van der Waals surface area contributed by atoms with Crippen molar-refractivity contribution in [2.24, 2.45) is 0 Å². The maximum Gasteiger partial charge on any atom is 0.124 e. The molecule has 0 saturated heterocycles. The molecule has 0 aromatic heterocycles. The summed E-state index contributed by atoms with van der Waals surface area (Å²) < 4.78 is 19.5. The highest BCUT2D eigenvalue weighted by Crippen LogP contribution is 2.23. The Morgan fingerprint density at radius 3 is 2.65 bits per heavy atom. The van der Waals surface area contributed by atoms with Crippen LogP contribution in [0.3, 0.4) is 0 Å². The van der Waals surface area contributed by atoms with Gasteiger partial charge in [-0.25, -0.2) is 4.39 Å². The lowest BCUT2D eigenvalue weighted by molar-refractivity contribution is 0.00713. The van der Waals surface area contributed by atoms with Gasteiger partial charge in [-0.2, -0.15) is 0 Å². The lowest BCUT2D eigenvalue weighted by atomic mass is 9.94. The van der Waals surface area contributed by atoms with E-state index in [1.807, 2.05) is 6.07 Å². The highest BCUT2D eigenvalue weighted by molar-refractivity contribution is 9.10. The predicted octanol–water partition coefficient (Wildman–Crippen LogP) is 4.31. The number of hydrogen-bond acceptors (Lipinski definition) is 2. The molecule has 20 heavy (non-hydrogen) atoms. The Labute approximate surface area is 130 Å². The maximum atomic E-state index is 13.1. The number of halogens is 2. The maximum absolute atomic E-state index is 13.1. The fourth-order valence-electron chi connectivity index (χ4n) is 2.19. The Morgan fingerprint density at radius 1 is 1.40 bits per heavy atom. The highest BCUT2D eigenvalue weighted by atomic mass is 79.9. The molecule has 1 aromatic rings. The molecule has 1 N–H and O–H groups in total. The Morgan fingerprint density at radius 2 is 2.10 bits per heavy atom. The third-order valence-corrected chi connectivity index (χ3v) is 4.19. The normalized spacial score (nSPS) is 13.5. The van der Waals surface area contributed by atoms with Crippen LogP contribution < -0.4 is 5.32 Å². The summed E-state index contributed by atoms with van der Waals surface area (Å²) in [4.78, 5) is 0. The van der Waals surface area contributed by atoms with Gasteiger partial charge in [0.1, 0.15) is 5.82 Å². The predicted molar refractivity (Wildman–Crippen MR) is 85.6 cm³/mol. The minimum absolute atomic E-state index is 0.169. The molecule has 0 aliphatic rings. The van der Waals surface area contributed by atoms with Gasteiger partial charge in [0, 0.05) is 17.6 Å². The van der Waals surface area contributed by atoms with Crippen molar-refractivity contribution in [1.82, 2.24) is 5.32 Å². The standard InChI is InChI=1S/C16H25BrFNO/c1-5-8-19-14(11-16(2,3)20-4)9-12-6-7-13(18)10-15(12)17/h6-7,10,14,19H,5,8-9,11H2,1-4H3. The minimum atomic E-state index is -0.212. The minimum Gasteiger partial charge on any atom is -0.379 e. The van der Waals surface area contributed by atoms with Gasteiger partial charge in [-0.3, -0.25) is 0 Å². The van der Waals surface area contributed by atoms with Crippen LogP contribution >= 0.6 is 15.9 Å². The molecule has 114 valence electrons. The summed E-state index contributed by atoms with van der Waals surface area (Å²) in [6.45, 7) is 7.31. The lowest BCUT2D eigenvalue weighted by Gasteiger charge is -2.29. The second-order valence-electron chi connectivity index (χ2n) is 5.76. The van der Waals surface area contributed by atoms with E-state index in [9.17, 15) is 4.39 Å².